The standard InChI is InChI=1S/C22H16N6/c1-3-10-19(11-4-1)27-15-23-21(25-27)17-8-7-9-18(14-17)22-24-16-28(26-22)20-12-5-2-6-13-20/h1-16H. The van der Waals surface area contributed by atoms with E-state index in [0.717, 1.165) is 22.5 Å². The van der Waals surface area contributed by atoms with E-state index >= 15 is 0 Å². The lowest BCUT2D eigenvalue weighted by Gasteiger charge is -2.01. The van der Waals surface area contributed by atoms with E-state index in [0.29, 0.717) is 11.6 Å². The zero-order valence-electron chi connectivity index (χ0n) is 14.9. The third kappa shape index (κ3) is 3.07. The maximum Gasteiger partial charge on any atom is 0.181 e. The third-order valence-electron chi connectivity index (χ3n) is 4.40. The molecule has 2 aromatic heterocycles. The van der Waals surface area contributed by atoms with E-state index in [2.05, 4.69) is 20.2 Å². The van der Waals surface area contributed by atoms with Crippen LogP contribution in [0, 0.1) is 0 Å². The van der Waals surface area contributed by atoms with E-state index in [1.54, 1.807) is 22.0 Å². The average molecular weight is 364 g/mol. The number of aromatic nitrogens is 6. The highest BCUT2D eigenvalue weighted by Gasteiger charge is 2.10. The van der Waals surface area contributed by atoms with Gasteiger partial charge >= 0.3 is 0 Å². The van der Waals surface area contributed by atoms with Crippen molar-refractivity contribution < 1.29 is 0 Å². The molecule has 5 rings (SSSR count). The summed E-state index contributed by atoms with van der Waals surface area (Å²) in [4.78, 5) is 8.91. The van der Waals surface area contributed by atoms with Gasteiger partial charge in [-0.3, -0.25) is 0 Å². The van der Waals surface area contributed by atoms with Crippen molar-refractivity contribution in [2.45, 2.75) is 0 Å². The van der Waals surface area contributed by atoms with Crippen LogP contribution in [0.3, 0.4) is 0 Å². The topological polar surface area (TPSA) is 61.4 Å². The number of para-hydroxylation sites is 2. The Hall–Kier alpha value is -4.06. The summed E-state index contributed by atoms with van der Waals surface area (Å²) in [6, 6.07) is 27.8. The van der Waals surface area contributed by atoms with Crippen molar-refractivity contribution >= 4 is 0 Å². The molecule has 6 nitrogen and oxygen atoms in total. The maximum absolute atomic E-state index is 4.60. The smallest absolute Gasteiger partial charge is 0.181 e. The Kier molecular flexibility index (Phi) is 3.99. The van der Waals surface area contributed by atoms with Gasteiger partial charge in [-0.05, 0) is 30.3 Å². The van der Waals surface area contributed by atoms with Crippen LogP contribution >= 0.6 is 0 Å². The summed E-state index contributed by atoms with van der Waals surface area (Å²) >= 11 is 0. The van der Waals surface area contributed by atoms with E-state index in [9.17, 15) is 0 Å². The summed E-state index contributed by atoms with van der Waals surface area (Å²) in [6.07, 6.45) is 3.44. The molecule has 0 unspecified atom stereocenters. The van der Waals surface area contributed by atoms with Crippen molar-refractivity contribution in [2.24, 2.45) is 0 Å². The number of nitrogens with zero attached hydrogens (tertiary/aromatic N) is 6. The van der Waals surface area contributed by atoms with Crippen molar-refractivity contribution in [3.05, 3.63) is 97.6 Å². The van der Waals surface area contributed by atoms with Gasteiger partial charge in [-0.2, -0.15) is 0 Å². The molecular weight excluding hydrogens is 348 g/mol. The summed E-state index contributed by atoms with van der Waals surface area (Å²) in [5.41, 5.74) is 3.79. The fourth-order valence-corrected chi connectivity index (χ4v) is 3.00. The summed E-state index contributed by atoms with van der Waals surface area (Å²) in [5, 5.41) is 9.20. The summed E-state index contributed by atoms with van der Waals surface area (Å²) in [7, 11) is 0. The first-order chi connectivity index (χ1) is 13.9. The molecule has 0 saturated carbocycles. The molecular formula is C22H16N6. The summed E-state index contributed by atoms with van der Waals surface area (Å²) in [6.45, 7) is 0. The predicted octanol–water partition coefficient (Wildman–Crippen LogP) is 4.18. The van der Waals surface area contributed by atoms with E-state index in [1.807, 2.05) is 84.9 Å². The van der Waals surface area contributed by atoms with Crippen molar-refractivity contribution in [2.75, 3.05) is 0 Å². The van der Waals surface area contributed by atoms with Gasteiger partial charge in [0.05, 0.1) is 11.4 Å². The second-order valence-electron chi connectivity index (χ2n) is 6.28. The summed E-state index contributed by atoms with van der Waals surface area (Å²) < 4.78 is 3.54. The van der Waals surface area contributed by atoms with Gasteiger partial charge in [0.15, 0.2) is 11.6 Å². The molecule has 0 amide bonds. The zero-order chi connectivity index (χ0) is 18.8. The highest BCUT2D eigenvalue weighted by molar-refractivity contribution is 5.65. The van der Waals surface area contributed by atoms with Crippen LogP contribution in [-0.4, -0.2) is 29.5 Å². The molecule has 0 bridgehead atoms. The van der Waals surface area contributed by atoms with Crippen LogP contribution in [0.2, 0.25) is 0 Å². The van der Waals surface area contributed by atoms with E-state index in [1.165, 1.54) is 0 Å². The zero-order valence-corrected chi connectivity index (χ0v) is 14.9. The van der Waals surface area contributed by atoms with Gasteiger partial charge in [-0.1, -0.05) is 54.6 Å². The van der Waals surface area contributed by atoms with Crippen molar-refractivity contribution in [1.29, 1.82) is 0 Å². The molecule has 3 aromatic carbocycles. The molecule has 0 aliphatic heterocycles. The van der Waals surface area contributed by atoms with Gasteiger partial charge in [0.1, 0.15) is 12.7 Å². The lowest BCUT2D eigenvalue weighted by Crippen LogP contribution is -1.95. The Labute approximate surface area is 161 Å². The molecule has 0 fully saturated rings. The molecule has 5 aromatic rings. The third-order valence-corrected chi connectivity index (χ3v) is 4.40. The van der Waals surface area contributed by atoms with E-state index in [-0.39, 0.29) is 0 Å². The van der Waals surface area contributed by atoms with Gasteiger partial charge in [0.2, 0.25) is 0 Å². The van der Waals surface area contributed by atoms with Crippen LogP contribution < -0.4 is 0 Å². The second kappa shape index (κ2) is 6.92. The van der Waals surface area contributed by atoms with Crippen LogP contribution in [0.1, 0.15) is 0 Å². The van der Waals surface area contributed by atoms with E-state index in [4.69, 9.17) is 0 Å². The van der Waals surface area contributed by atoms with Gasteiger partial charge in [0, 0.05) is 11.1 Å². The molecule has 0 spiro atoms. The first kappa shape index (κ1) is 16.1. The summed E-state index contributed by atoms with van der Waals surface area (Å²) in [5.74, 6) is 1.32. The van der Waals surface area contributed by atoms with Gasteiger partial charge < -0.3 is 0 Å². The Balaban J connectivity index is 1.46. The Bertz CT molecular complexity index is 1120. The fourth-order valence-electron chi connectivity index (χ4n) is 3.00. The highest BCUT2D eigenvalue weighted by atomic mass is 15.3. The van der Waals surface area contributed by atoms with E-state index < -0.39 is 0 Å². The monoisotopic (exact) mass is 364 g/mol. The molecule has 0 atom stereocenters. The normalized spacial score (nSPS) is 10.9. The Morgan fingerprint density at radius 1 is 0.500 bits per heavy atom. The average Bonchev–Trinajstić information content (AvgIpc) is 3.46. The largest absolute Gasteiger partial charge is 0.220 e. The fraction of sp³-hybridized carbons (Fsp3) is 0. The van der Waals surface area contributed by atoms with Crippen molar-refractivity contribution in [3.8, 4) is 34.2 Å². The minimum Gasteiger partial charge on any atom is -0.220 e. The molecule has 0 N–H and O–H groups in total. The first-order valence-corrected chi connectivity index (χ1v) is 8.92. The molecule has 0 aliphatic carbocycles. The quantitative estimate of drug-likeness (QED) is 0.480. The molecule has 134 valence electrons. The lowest BCUT2D eigenvalue weighted by atomic mass is 10.1. The SMILES string of the molecule is c1ccc(-n2cnc(-c3cccc(-c4ncn(-c5ccccc5)n4)c3)n2)cc1. The number of rotatable bonds is 4. The Morgan fingerprint density at radius 3 is 1.43 bits per heavy atom. The predicted molar refractivity (Wildman–Crippen MR) is 107 cm³/mol. The number of hydrogen-bond donors (Lipinski definition) is 0. The highest BCUT2D eigenvalue weighted by Crippen LogP contribution is 2.23. The second-order valence-corrected chi connectivity index (χ2v) is 6.28. The molecule has 2 heterocycles. The molecule has 28 heavy (non-hydrogen) atoms. The minimum absolute atomic E-state index is 0.660. The van der Waals surface area contributed by atoms with Crippen LogP contribution in [0.25, 0.3) is 34.2 Å². The minimum atomic E-state index is 0.660. The van der Waals surface area contributed by atoms with Crippen LogP contribution in [0.5, 0.6) is 0 Å². The maximum atomic E-state index is 4.60. The van der Waals surface area contributed by atoms with Crippen LogP contribution in [0.4, 0.5) is 0 Å². The van der Waals surface area contributed by atoms with Crippen molar-refractivity contribution in [3.63, 3.8) is 0 Å². The van der Waals surface area contributed by atoms with Crippen LogP contribution in [0.15, 0.2) is 97.6 Å². The number of hydrogen-bond acceptors (Lipinski definition) is 4. The van der Waals surface area contributed by atoms with Gasteiger partial charge in [-0.15, -0.1) is 10.2 Å². The molecule has 0 saturated heterocycles. The number of benzene rings is 3. The molecule has 6 heteroatoms. The van der Waals surface area contributed by atoms with Gasteiger partial charge in [-0.25, -0.2) is 19.3 Å². The van der Waals surface area contributed by atoms with Crippen molar-refractivity contribution in [1.82, 2.24) is 29.5 Å². The Morgan fingerprint density at radius 2 is 0.964 bits per heavy atom. The van der Waals surface area contributed by atoms with Gasteiger partial charge in [0.25, 0.3) is 0 Å². The first-order valence-electron chi connectivity index (χ1n) is 8.92. The molecule has 0 aliphatic rings. The lowest BCUT2D eigenvalue weighted by molar-refractivity contribution is 0.881. The van der Waals surface area contributed by atoms with Crippen LogP contribution in [-0.2, 0) is 0 Å². The molecule has 0 radical (unpaired) electrons.